The largest absolute Gasteiger partial charge is 0.398 e. The minimum absolute atomic E-state index is 0.106. The van der Waals surface area contributed by atoms with E-state index < -0.39 is 20.7 Å². The fraction of sp³-hybridized carbons (Fsp3) is 0.500. The number of ether oxygens (including phenoxy) is 1. The number of benzene rings is 1. The molecule has 3 atom stereocenters. The molecule has 2 aliphatic rings. The Balaban J connectivity index is 1.87. The highest BCUT2D eigenvalue weighted by Gasteiger charge is 2.42. The first-order valence-electron chi connectivity index (χ1n) is 6.29. The molecule has 20 heavy (non-hydrogen) atoms. The quantitative estimate of drug-likeness (QED) is 0.800. The van der Waals surface area contributed by atoms with Crippen LogP contribution in [0.2, 0.25) is 0 Å². The summed E-state index contributed by atoms with van der Waals surface area (Å²) in [5, 5.41) is 0. The van der Waals surface area contributed by atoms with Crippen LogP contribution in [0, 0.1) is 5.82 Å². The Morgan fingerprint density at radius 2 is 2.15 bits per heavy atom. The van der Waals surface area contributed by atoms with E-state index in [2.05, 4.69) is 20.7 Å². The monoisotopic (exact) mass is 364 g/mol. The van der Waals surface area contributed by atoms with E-state index in [1.54, 1.807) is 0 Å². The van der Waals surface area contributed by atoms with Crippen LogP contribution in [-0.4, -0.2) is 26.7 Å². The smallest absolute Gasteiger partial charge is 0.243 e. The summed E-state index contributed by atoms with van der Waals surface area (Å²) in [6, 6.07) is 1.89. The van der Waals surface area contributed by atoms with E-state index in [-0.39, 0.29) is 23.9 Å². The van der Waals surface area contributed by atoms with E-state index in [1.165, 1.54) is 0 Å². The van der Waals surface area contributed by atoms with Crippen molar-refractivity contribution in [2.45, 2.75) is 42.4 Å². The lowest BCUT2D eigenvalue weighted by Crippen LogP contribution is -2.41. The van der Waals surface area contributed by atoms with Crippen molar-refractivity contribution in [2.75, 3.05) is 5.73 Å². The standard InChI is InChI=1S/C12H14BrFN2O3S/c13-7-4-8(14)12(5-9(7)15)20(17,18)16-10-3-6-1-2-11(10)19-6/h4-6,10-11,16H,1-3,15H2. The van der Waals surface area contributed by atoms with Gasteiger partial charge in [-0.05, 0) is 47.3 Å². The van der Waals surface area contributed by atoms with Crippen LogP contribution in [0.25, 0.3) is 0 Å². The van der Waals surface area contributed by atoms with Crippen molar-refractivity contribution in [1.82, 2.24) is 4.72 Å². The molecule has 3 unspecified atom stereocenters. The van der Waals surface area contributed by atoms with Gasteiger partial charge >= 0.3 is 0 Å². The van der Waals surface area contributed by atoms with Gasteiger partial charge < -0.3 is 10.5 Å². The number of nitrogen functional groups attached to an aromatic ring is 1. The summed E-state index contributed by atoms with van der Waals surface area (Å²) in [5.41, 5.74) is 5.80. The van der Waals surface area contributed by atoms with Gasteiger partial charge in [-0.15, -0.1) is 0 Å². The summed E-state index contributed by atoms with van der Waals surface area (Å²) >= 11 is 3.06. The fourth-order valence-corrected chi connectivity index (χ4v) is 4.46. The van der Waals surface area contributed by atoms with Gasteiger partial charge in [-0.2, -0.15) is 0 Å². The first-order valence-corrected chi connectivity index (χ1v) is 8.57. The number of nitrogens with one attached hydrogen (secondary N) is 1. The molecule has 2 bridgehead atoms. The maximum absolute atomic E-state index is 13.9. The molecule has 8 heteroatoms. The van der Waals surface area contributed by atoms with Gasteiger partial charge in [0.1, 0.15) is 10.7 Å². The van der Waals surface area contributed by atoms with Crippen LogP contribution in [0.1, 0.15) is 19.3 Å². The van der Waals surface area contributed by atoms with Gasteiger partial charge in [-0.1, -0.05) is 0 Å². The third-order valence-electron chi connectivity index (χ3n) is 3.75. The van der Waals surface area contributed by atoms with E-state index in [0.29, 0.717) is 10.9 Å². The number of anilines is 1. The highest BCUT2D eigenvalue weighted by molar-refractivity contribution is 9.10. The highest BCUT2D eigenvalue weighted by Crippen LogP contribution is 2.35. The van der Waals surface area contributed by atoms with Gasteiger partial charge in [0, 0.05) is 10.2 Å². The molecule has 0 aliphatic carbocycles. The van der Waals surface area contributed by atoms with Crippen LogP contribution in [-0.2, 0) is 14.8 Å². The number of halogens is 2. The molecule has 0 spiro atoms. The van der Waals surface area contributed by atoms with Gasteiger partial charge in [-0.25, -0.2) is 17.5 Å². The SMILES string of the molecule is Nc1cc(S(=O)(=O)NC2CC3CCC2O3)c(F)cc1Br. The molecule has 2 fully saturated rings. The highest BCUT2D eigenvalue weighted by atomic mass is 79.9. The van der Waals surface area contributed by atoms with Gasteiger partial charge in [0.15, 0.2) is 0 Å². The van der Waals surface area contributed by atoms with Crippen molar-refractivity contribution >= 4 is 31.6 Å². The predicted molar refractivity (Wildman–Crippen MR) is 75.1 cm³/mol. The Kier molecular flexibility index (Phi) is 3.52. The van der Waals surface area contributed by atoms with Crippen LogP contribution >= 0.6 is 15.9 Å². The maximum Gasteiger partial charge on any atom is 0.243 e. The normalized spacial score (nSPS) is 29.0. The Morgan fingerprint density at radius 3 is 2.75 bits per heavy atom. The van der Waals surface area contributed by atoms with Crippen molar-refractivity contribution < 1.29 is 17.5 Å². The van der Waals surface area contributed by atoms with E-state index >= 15 is 0 Å². The number of nitrogens with two attached hydrogens (primary N) is 1. The van der Waals surface area contributed by atoms with Crippen molar-refractivity contribution in [3.05, 3.63) is 22.4 Å². The Bertz CT molecular complexity index is 652. The van der Waals surface area contributed by atoms with Crippen LogP contribution in [0.4, 0.5) is 10.1 Å². The lowest BCUT2D eigenvalue weighted by Gasteiger charge is -2.20. The third-order valence-corrected chi connectivity index (χ3v) is 5.94. The summed E-state index contributed by atoms with van der Waals surface area (Å²) in [6.07, 6.45) is 2.45. The van der Waals surface area contributed by atoms with Gasteiger partial charge in [0.25, 0.3) is 0 Å². The molecule has 3 rings (SSSR count). The van der Waals surface area contributed by atoms with E-state index in [9.17, 15) is 12.8 Å². The summed E-state index contributed by atoms with van der Waals surface area (Å²) < 4.78 is 46.8. The first kappa shape index (κ1) is 14.2. The fourth-order valence-electron chi connectivity index (χ4n) is 2.78. The Labute approximate surface area is 124 Å². The Morgan fingerprint density at radius 1 is 1.40 bits per heavy atom. The number of rotatable bonds is 3. The molecule has 110 valence electrons. The van der Waals surface area contributed by atoms with Crippen LogP contribution in [0.3, 0.4) is 0 Å². The van der Waals surface area contributed by atoms with Crippen molar-refractivity contribution in [2.24, 2.45) is 0 Å². The summed E-state index contributed by atoms with van der Waals surface area (Å²) in [7, 11) is -3.94. The lowest BCUT2D eigenvalue weighted by molar-refractivity contribution is 0.0996. The second-order valence-electron chi connectivity index (χ2n) is 5.14. The topological polar surface area (TPSA) is 81.4 Å². The van der Waals surface area contributed by atoms with Gasteiger partial charge in [-0.3, -0.25) is 0 Å². The molecule has 0 saturated carbocycles. The molecule has 2 heterocycles. The van der Waals surface area contributed by atoms with E-state index in [4.69, 9.17) is 10.5 Å². The summed E-state index contributed by atoms with van der Waals surface area (Å²) in [6.45, 7) is 0. The zero-order valence-electron chi connectivity index (χ0n) is 10.5. The average Bonchev–Trinajstić information content (AvgIpc) is 2.95. The average molecular weight is 365 g/mol. The van der Waals surface area contributed by atoms with Crippen molar-refractivity contribution in [3.63, 3.8) is 0 Å². The zero-order valence-corrected chi connectivity index (χ0v) is 12.9. The molecule has 2 saturated heterocycles. The minimum atomic E-state index is -3.94. The molecule has 0 amide bonds. The van der Waals surface area contributed by atoms with Gasteiger partial charge in [0.2, 0.25) is 10.0 Å². The second kappa shape index (κ2) is 4.94. The molecule has 2 aliphatic heterocycles. The second-order valence-corrected chi connectivity index (χ2v) is 7.68. The number of hydrogen-bond acceptors (Lipinski definition) is 4. The van der Waals surface area contributed by atoms with Crippen LogP contribution in [0.5, 0.6) is 0 Å². The molecule has 0 aromatic heterocycles. The molecule has 3 N–H and O–H groups in total. The van der Waals surface area contributed by atoms with Crippen molar-refractivity contribution in [1.29, 1.82) is 0 Å². The molecular weight excluding hydrogens is 351 g/mol. The summed E-state index contributed by atoms with van der Waals surface area (Å²) in [5.74, 6) is -0.831. The zero-order chi connectivity index (χ0) is 14.5. The predicted octanol–water partition coefficient (Wildman–Crippen LogP) is 1.77. The molecule has 1 aromatic rings. The number of hydrogen-bond donors (Lipinski definition) is 2. The molecule has 0 radical (unpaired) electrons. The summed E-state index contributed by atoms with van der Waals surface area (Å²) in [4.78, 5) is -0.430. The number of fused-ring (bicyclic) bond motifs is 2. The minimum Gasteiger partial charge on any atom is -0.398 e. The lowest BCUT2D eigenvalue weighted by atomic mass is 9.96. The maximum atomic E-state index is 13.9. The molecule has 5 nitrogen and oxygen atoms in total. The Hall–Kier alpha value is -0.700. The first-order chi connectivity index (χ1) is 9.37. The van der Waals surface area contributed by atoms with Gasteiger partial charge in [0.05, 0.1) is 18.2 Å². The van der Waals surface area contributed by atoms with Crippen molar-refractivity contribution in [3.8, 4) is 0 Å². The third kappa shape index (κ3) is 2.45. The van der Waals surface area contributed by atoms with Crippen LogP contribution < -0.4 is 10.5 Å². The molecule has 1 aromatic carbocycles. The van der Waals surface area contributed by atoms with E-state index in [0.717, 1.165) is 25.0 Å². The molecular formula is C12H14BrFN2O3S. The van der Waals surface area contributed by atoms with E-state index in [1.807, 2.05) is 0 Å². The van der Waals surface area contributed by atoms with Crippen LogP contribution in [0.15, 0.2) is 21.5 Å². The number of sulfonamides is 1.